The number of carbonyl (C=O) groups is 1. The van der Waals surface area contributed by atoms with Gasteiger partial charge in [-0.05, 0) is 29.8 Å². The molecule has 2 aromatic rings. The number of ether oxygens (including phenoxy) is 2. The molecule has 0 aliphatic carbocycles. The molecule has 0 spiro atoms. The Bertz CT molecular complexity index is 625. The van der Waals surface area contributed by atoms with Crippen LogP contribution in [-0.4, -0.2) is 18.2 Å². The van der Waals surface area contributed by atoms with Crippen molar-refractivity contribution in [2.24, 2.45) is 0 Å². The van der Waals surface area contributed by atoms with Gasteiger partial charge in [-0.25, -0.2) is 9.18 Å². The summed E-state index contributed by atoms with van der Waals surface area (Å²) in [5, 5.41) is 9.00. The van der Waals surface area contributed by atoms with Crippen LogP contribution in [0.2, 0.25) is 0 Å². The maximum Gasteiger partial charge on any atom is 0.339 e. The fraction of sp³-hybridized carbons (Fsp3) is 0.133. The zero-order chi connectivity index (χ0) is 14.5. The zero-order valence-electron chi connectivity index (χ0n) is 10.8. The molecule has 0 aromatic heterocycles. The van der Waals surface area contributed by atoms with Crippen LogP contribution < -0.4 is 9.47 Å². The van der Waals surface area contributed by atoms with E-state index < -0.39 is 11.8 Å². The third-order valence-corrected chi connectivity index (χ3v) is 2.71. The van der Waals surface area contributed by atoms with Gasteiger partial charge >= 0.3 is 5.97 Å². The van der Waals surface area contributed by atoms with Crippen molar-refractivity contribution in [3.63, 3.8) is 0 Å². The van der Waals surface area contributed by atoms with Crippen LogP contribution in [0.25, 0.3) is 0 Å². The minimum absolute atomic E-state index is 0.0540. The van der Waals surface area contributed by atoms with Gasteiger partial charge in [0.25, 0.3) is 0 Å². The fourth-order valence-corrected chi connectivity index (χ4v) is 1.74. The van der Waals surface area contributed by atoms with E-state index in [1.807, 2.05) is 0 Å². The number of para-hydroxylation sites is 1. The largest absolute Gasteiger partial charge is 0.497 e. The van der Waals surface area contributed by atoms with Gasteiger partial charge in [0.1, 0.15) is 17.9 Å². The van der Waals surface area contributed by atoms with Crippen molar-refractivity contribution in [2.75, 3.05) is 7.11 Å². The number of methoxy groups -OCH3 is 1. The number of rotatable bonds is 5. The molecule has 0 unspecified atom stereocenters. The Hall–Kier alpha value is -2.56. The Morgan fingerprint density at radius 1 is 1.25 bits per heavy atom. The van der Waals surface area contributed by atoms with Crippen molar-refractivity contribution in [3.8, 4) is 11.5 Å². The van der Waals surface area contributed by atoms with Gasteiger partial charge in [-0.1, -0.05) is 18.2 Å². The lowest BCUT2D eigenvalue weighted by Gasteiger charge is -2.10. The predicted molar refractivity (Wildman–Crippen MR) is 70.7 cm³/mol. The molecule has 0 bridgehead atoms. The summed E-state index contributed by atoms with van der Waals surface area (Å²) in [7, 11) is 1.54. The molecular weight excluding hydrogens is 263 g/mol. The summed E-state index contributed by atoms with van der Waals surface area (Å²) < 4.78 is 24.0. The first kappa shape index (κ1) is 13.9. The molecule has 0 heterocycles. The van der Waals surface area contributed by atoms with E-state index in [0.29, 0.717) is 5.75 Å². The normalized spacial score (nSPS) is 10.1. The Labute approximate surface area is 115 Å². The molecule has 2 aromatic carbocycles. The van der Waals surface area contributed by atoms with E-state index >= 15 is 0 Å². The molecule has 104 valence electrons. The Morgan fingerprint density at radius 2 is 2.00 bits per heavy atom. The summed E-state index contributed by atoms with van der Waals surface area (Å²) in [4.78, 5) is 11.0. The lowest BCUT2D eigenvalue weighted by Crippen LogP contribution is -2.05. The van der Waals surface area contributed by atoms with E-state index in [0.717, 1.165) is 11.6 Å². The summed E-state index contributed by atoms with van der Waals surface area (Å²) in [5.41, 5.74) is 0.553. The van der Waals surface area contributed by atoms with Crippen LogP contribution in [-0.2, 0) is 6.61 Å². The monoisotopic (exact) mass is 276 g/mol. The molecule has 2 rings (SSSR count). The Morgan fingerprint density at radius 3 is 2.70 bits per heavy atom. The SMILES string of the molecule is COc1cccc(COc2c(F)cccc2C(=O)O)c1. The molecule has 0 amide bonds. The van der Waals surface area contributed by atoms with Gasteiger partial charge in [-0.15, -0.1) is 0 Å². The number of carboxylic acid groups (broad SMARTS) is 1. The maximum absolute atomic E-state index is 13.6. The summed E-state index contributed by atoms with van der Waals surface area (Å²) in [6, 6.07) is 10.9. The van der Waals surface area contributed by atoms with Crippen molar-refractivity contribution < 1.29 is 23.8 Å². The van der Waals surface area contributed by atoms with Gasteiger partial charge in [-0.2, -0.15) is 0 Å². The van der Waals surface area contributed by atoms with Crippen molar-refractivity contribution in [3.05, 3.63) is 59.4 Å². The van der Waals surface area contributed by atoms with Gasteiger partial charge in [-0.3, -0.25) is 0 Å². The molecule has 4 nitrogen and oxygen atoms in total. The number of benzene rings is 2. The number of aromatic carboxylic acids is 1. The van der Waals surface area contributed by atoms with E-state index in [1.54, 1.807) is 31.4 Å². The van der Waals surface area contributed by atoms with Crippen molar-refractivity contribution >= 4 is 5.97 Å². The number of hydrogen-bond donors (Lipinski definition) is 1. The summed E-state index contributed by atoms with van der Waals surface area (Å²) in [6.07, 6.45) is 0. The van der Waals surface area contributed by atoms with Crippen LogP contribution in [0.5, 0.6) is 11.5 Å². The number of carboxylic acids is 1. The van der Waals surface area contributed by atoms with Crippen LogP contribution in [0, 0.1) is 5.82 Å². The molecule has 0 atom stereocenters. The van der Waals surface area contributed by atoms with Crippen molar-refractivity contribution in [1.82, 2.24) is 0 Å². The zero-order valence-corrected chi connectivity index (χ0v) is 10.8. The minimum Gasteiger partial charge on any atom is -0.497 e. The topological polar surface area (TPSA) is 55.8 Å². The van der Waals surface area contributed by atoms with Gasteiger partial charge in [0.15, 0.2) is 11.6 Å². The molecule has 0 radical (unpaired) electrons. The lowest BCUT2D eigenvalue weighted by atomic mass is 10.2. The molecule has 0 saturated carbocycles. The molecule has 0 saturated heterocycles. The number of halogens is 1. The first-order chi connectivity index (χ1) is 9.61. The number of hydrogen-bond acceptors (Lipinski definition) is 3. The lowest BCUT2D eigenvalue weighted by molar-refractivity contribution is 0.0690. The van der Waals surface area contributed by atoms with Crippen LogP contribution in [0.3, 0.4) is 0 Å². The van der Waals surface area contributed by atoms with Gasteiger partial charge in [0.2, 0.25) is 0 Å². The fourth-order valence-electron chi connectivity index (χ4n) is 1.74. The van der Waals surface area contributed by atoms with Gasteiger partial charge < -0.3 is 14.6 Å². The van der Waals surface area contributed by atoms with Gasteiger partial charge in [0.05, 0.1) is 7.11 Å². The van der Waals surface area contributed by atoms with Crippen molar-refractivity contribution in [1.29, 1.82) is 0 Å². The quantitative estimate of drug-likeness (QED) is 0.911. The second-order valence-electron chi connectivity index (χ2n) is 4.06. The predicted octanol–water partition coefficient (Wildman–Crippen LogP) is 3.11. The molecular formula is C15H13FO4. The highest BCUT2D eigenvalue weighted by atomic mass is 19.1. The molecule has 0 aliphatic rings. The second-order valence-corrected chi connectivity index (χ2v) is 4.06. The molecule has 0 fully saturated rings. The average molecular weight is 276 g/mol. The maximum atomic E-state index is 13.6. The van der Waals surface area contributed by atoms with E-state index in [4.69, 9.17) is 14.6 Å². The Kier molecular flexibility index (Phi) is 4.20. The highest BCUT2D eigenvalue weighted by Gasteiger charge is 2.15. The standard InChI is InChI=1S/C15H13FO4/c1-19-11-5-2-4-10(8-11)9-20-14-12(15(17)18)6-3-7-13(14)16/h2-8H,9H2,1H3,(H,17,18). The molecule has 5 heteroatoms. The minimum atomic E-state index is -1.23. The third kappa shape index (κ3) is 3.06. The summed E-state index contributed by atoms with van der Waals surface area (Å²) in [6.45, 7) is 0.0540. The molecule has 0 aliphatic heterocycles. The van der Waals surface area contributed by atoms with Crippen LogP contribution >= 0.6 is 0 Å². The van der Waals surface area contributed by atoms with Gasteiger partial charge in [0, 0.05) is 0 Å². The summed E-state index contributed by atoms with van der Waals surface area (Å²) in [5.74, 6) is -1.54. The van der Waals surface area contributed by atoms with E-state index in [9.17, 15) is 9.18 Å². The first-order valence-electron chi connectivity index (χ1n) is 5.89. The highest BCUT2D eigenvalue weighted by Crippen LogP contribution is 2.24. The summed E-state index contributed by atoms with van der Waals surface area (Å²) >= 11 is 0. The highest BCUT2D eigenvalue weighted by molar-refractivity contribution is 5.90. The van der Waals surface area contributed by atoms with Crippen molar-refractivity contribution in [2.45, 2.75) is 6.61 Å². The molecule has 1 N–H and O–H groups in total. The first-order valence-corrected chi connectivity index (χ1v) is 5.89. The average Bonchev–Trinajstić information content (AvgIpc) is 2.45. The van der Waals surface area contributed by atoms with Crippen LogP contribution in [0.1, 0.15) is 15.9 Å². The molecule has 20 heavy (non-hydrogen) atoms. The van der Waals surface area contributed by atoms with E-state index in [1.165, 1.54) is 12.1 Å². The second kappa shape index (κ2) is 6.06. The van der Waals surface area contributed by atoms with Crippen LogP contribution in [0.15, 0.2) is 42.5 Å². The van der Waals surface area contributed by atoms with E-state index in [-0.39, 0.29) is 17.9 Å². The third-order valence-electron chi connectivity index (χ3n) is 2.71. The smallest absolute Gasteiger partial charge is 0.339 e. The Balaban J connectivity index is 2.20. The van der Waals surface area contributed by atoms with Crippen LogP contribution in [0.4, 0.5) is 4.39 Å². The van der Waals surface area contributed by atoms with E-state index in [2.05, 4.69) is 0 Å².